The highest BCUT2D eigenvalue weighted by Gasteiger charge is 2.22. The molecule has 1 heterocycles. The highest BCUT2D eigenvalue weighted by atomic mass is 35.5. The Morgan fingerprint density at radius 1 is 1.88 bits per heavy atom. The summed E-state index contributed by atoms with van der Waals surface area (Å²) in [6.07, 6.45) is 0.0183. The Morgan fingerprint density at radius 2 is 2.50 bits per heavy atom. The molecular formula is C8H9ClN4O3. The third kappa shape index (κ3) is 2.31. The number of nitrogens with zero attached hydrogens (tertiary/aromatic N) is 3. The van der Waals surface area contributed by atoms with E-state index in [9.17, 15) is 10.0 Å². The van der Waals surface area contributed by atoms with Crippen molar-refractivity contribution in [3.05, 3.63) is 29.1 Å². The second kappa shape index (κ2) is 4.67. The minimum atomic E-state index is -1.31. The van der Waals surface area contributed by atoms with Gasteiger partial charge in [0.15, 0.2) is 5.15 Å². The average molecular weight is 245 g/mol. The van der Waals surface area contributed by atoms with Crippen molar-refractivity contribution in [3.63, 3.8) is 0 Å². The molecule has 0 saturated carbocycles. The van der Waals surface area contributed by atoms with E-state index in [1.54, 1.807) is 0 Å². The van der Waals surface area contributed by atoms with Gasteiger partial charge in [0.1, 0.15) is 0 Å². The SMILES string of the molecule is C=CCN(C(=O)O)c1cc(Cl)nc(N)[n+]1[O-]. The number of hydrogen-bond donors (Lipinski definition) is 2. The van der Waals surface area contributed by atoms with Crippen LogP contribution in [0.1, 0.15) is 0 Å². The molecule has 0 fully saturated rings. The molecule has 86 valence electrons. The summed E-state index contributed by atoms with van der Waals surface area (Å²) in [5.41, 5.74) is 5.27. The van der Waals surface area contributed by atoms with Crippen LogP contribution in [-0.2, 0) is 0 Å². The van der Waals surface area contributed by atoms with E-state index in [0.29, 0.717) is 0 Å². The minimum Gasteiger partial charge on any atom is -0.754 e. The number of nitrogens with two attached hydrogens (primary N) is 1. The number of carboxylic acid groups (broad SMARTS) is 1. The van der Waals surface area contributed by atoms with E-state index in [1.807, 2.05) is 0 Å². The summed E-state index contributed by atoms with van der Waals surface area (Å²) in [4.78, 5) is 15.1. The number of halogens is 1. The van der Waals surface area contributed by atoms with Gasteiger partial charge in [0.25, 0.3) is 0 Å². The number of aromatic nitrogens is 2. The number of hydrogen-bond acceptors (Lipinski definition) is 4. The van der Waals surface area contributed by atoms with E-state index in [4.69, 9.17) is 22.4 Å². The first-order chi connectivity index (χ1) is 7.47. The zero-order valence-corrected chi connectivity index (χ0v) is 8.89. The Balaban J connectivity index is 3.28. The second-order valence-corrected chi connectivity index (χ2v) is 3.16. The molecule has 0 aliphatic rings. The fourth-order valence-electron chi connectivity index (χ4n) is 1.06. The summed E-state index contributed by atoms with van der Waals surface area (Å²) in [5.74, 6) is -0.636. The molecule has 0 bridgehead atoms. The van der Waals surface area contributed by atoms with Gasteiger partial charge in [0.05, 0.1) is 12.6 Å². The molecule has 0 unspecified atom stereocenters. The topological polar surface area (TPSA) is 106 Å². The summed E-state index contributed by atoms with van der Waals surface area (Å²) in [6.45, 7) is 3.33. The zero-order valence-electron chi connectivity index (χ0n) is 8.13. The van der Waals surface area contributed by atoms with Crippen molar-refractivity contribution in [1.82, 2.24) is 4.98 Å². The molecule has 0 saturated heterocycles. The molecule has 0 aliphatic carbocycles. The Labute approximate surface area is 96.0 Å². The number of amides is 1. The lowest BCUT2D eigenvalue weighted by Crippen LogP contribution is -2.43. The first-order valence-corrected chi connectivity index (χ1v) is 4.52. The number of nitrogen functional groups attached to an aromatic ring is 1. The van der Waals surface area contributed by atoms with Gasteiger partial charge in [-0.2, -0.15) is 0 Å². The monoisotopic (exact) mass is 244 g/mol. The van der Waals surface area contributed by atoms with Gasteiger partial charge in [-0.3, -0.25) is 0 Å². The quantitative estimate of drug-likeness (QED) is 0.351. The summed E-state index contributed by atoms with van der Waals surface area (Å²) in [6, 6.07) is 1.11. The van der Waals surface area contributed by atoms with Crippen molar-refractivity contribution in [3.8, 4) is 0 Å². The lowest BCUT2D eigenvalue weighted by molar-refractivity contribution is -0.579. The highest BCUT2D eigenvalue weighted by Crippen LogP contribution is 2.15. The van der Waals surface area contributed by atoms with Crippen molar-refractivity contribution in [2.24, 2.45) is 0 Å². The van der Waals surface area contributed by atoms with Gasteiger partial charge in [0, 0.05) is 0 Å². The Morgan fingerprint density at radius 3 is 3.00 bits per heavy atom. The van der Waals surface area contributed by atoms with E-state index < -0.39 is 12.0 Å². The maximum absolute atomic E-state index is 11.5. The van der Waals surface area contributed by atoms with Crippen LogP contribution in [0.5, 0.6) is 0 Å². The Kier molecular flexibility index (Phi) is 3.51. The molecule has 0 spiro atoms. The molecule has 0 radical (unpaired) electrons. The summed E-state index contributed by atoms with van der Waals surface area (Å²) in [5, 5.41) is 20.3. The van der Waals surface area contributed by atoms with E-state index in [2.05, 4.69) is 11.6 Å². The van der Waals surface area contributed by atoms with Gasteiger partial charge in [-0.05, 0) is 11.6 Å². The average Bonchev–Trinajstić information content (AvgIpc) is 2.20. The third-order valence-corrected chi connectivity index (χ3v) is 1.90. The standard InChI is InChI=1S/C8H9ClN4O3/c1-2-3-12(8(14)15)6-4-5(9)11-7(10)13(6)16/h2,4H,1,3H2,(H2,10,11)(H,14,15). The van der Waals surface area contributed by atoms with Gasteiger partial charge in [-0.25, -0.2) is 14.4 Å². The van der Waals surface area contributed by atoms with Crippen LogP contribution in [0.2, 0.25) is 5.15 Å². The third-order valence-electron chi connectivity index (χ3n) is 1.70. The molecule has 0 atom stereocenters. The van der Waals surface area contributed by atoms with Crippen molar-refractivity contribution in [2.45, 2.75) is 0 Å². The molecule has 1 aromatic rings. The predicted octanol–water partition coefficient (Wildman–Crippen LogP) is 0.621. The van der Waals surface area contributed by atoms with E-state index in [-0.39, 0.29) is 22.2 Å². The zero-order chi connectivity index (χ0) is 12.3. The first-order valence-electron chi connectivity index (χ1n) is 4.14. The smallest absolute Gasteiger partial charge is 0.458 e. The van der Waals surface area contributed by atoms with Crippen molar-refractivity contribution in [1.29, 1.82) is 0 Å². The minimum absolute atomic E-state index is 0.0582. The lowest BCUT2D eigenvalue weighted by atomic mass is 10.4. The molecule has 7 nitrogen and oxygen atoms in total. The van der Waals surface area contributed by atoms with E-state index in [1.165, 1.54) is 6.08 Å². The van der Waals surface area contributed by atoms with Gasteiger partial charge in [-0.1, -0.05) is 11.1 Å². The van der Waals surface area contributed by atoms with Crippen LogP contribution in [0.25, 0.3) is 0 Å². The maximum Gasteiger partial charge on any atom is 0.458 e. The van der Waals surface area contributed by atoms with Crippen molar-refractivity contribution < 1.29 is 14.6 Å². The van der Waals surface area contributed by atoms with Gasteiger partial charge < -0.3 is 16.0 Å². The van der Waals surface area contributed by atoms with Gasteiger partial charge >= 0.3 is 12.0 Å². The largest absolute Gasteiger partial charge is 0.754 e. The number of anilines is 2. The maximum atomic E-state index is 11.5. The number of rotatable bonds is 3. The normalized spacial score (nSPS) is 9.81. The van der Waals surface area contributed by atoms with Crippen LogP contribution in [-0.4, -0.2) is 22.7 Å². The van der Waals surface area contributed by atoms with Crippen LogP contribution in [0.15, 0.2) is 18.7 Å². The first kappa shape index (κ1) is 12.1. The summed E-state index contributed by atoms with van der Waals surface area (Å²) < 4.78 is 0.184. The van der Waals surface area contributed by atoms with Crippen molar-refractivity contribution >= 4 is 29.5 Å². The highest BCUT2D eigenvalue weighted by molar-refractivity contribution is 6.29. The molecule has 8 heteroatoms. The van der Waals surface area contributed by atoms with Crippen LogP contribution < -0.4 is 15.4 Å². The fraction of sp³-hybridized carbons (Fsp3) is 0.125. The molecule has 1 rings (SSSR count). The van der Waals surface area contributed by atoms with Crippen LogP contribution in [0.3, 0.4) is 0 Å². The Hall–Kier alpha value is -2.02. The molecule has 0 aromatic carbocycles. The molecule has 0 aliphatic heterocycles. The van der Waals surface area contributed by atoms with Crippen molar-refractivity contribution in [2.75, 3.05) is 17.2 Å². The summed E-state index contributed by atoms with van der Waals surface area (Å²) in [7, 11) is 0. The van der Waals surface area contributed by atoms with Gasteiger partial charge in [0.2, 0.25) is 5.82 Å². The van der Waals surface area contributed by atoms with E-state index >= 15 is 0 Å². The molecule has 16 heavy (non-hydrogen) atoms. The second-order valence-electron chi connectivity index (χ2n) is 2.77. The predicted molar refractivity (Wildman–Crippen MR) is 58.2 cm³/mol. The lowest BCUT2D eigenvalue weighted by Gasteiger charge is -2.19. The van der Waals surface area contributed by atoms with Gasteiger partial charge in [-0.15, -0.1) is 6.58 Å². The molecule has 1 aromatic heterocycles. The van der Waals surface area contributed by atoms with Crippen LogP contribution in [0.4, 0.5) is 16.6 Å². The van der Waals surface area contributed by atoms with Crippen LogP contribution >= 0.6 is 11.6 Å². The molecule has 3 N–H and O–H groups in total. The van der Waals surface area contributed by atoms with E-state index in [0.717, 1.165) is 11.0 Å². The Bertz CT molecular complexity index is 438. The molecule has 1 amide bonds. The summed E-state index contributed by atoms with van der Waals surface area (Å²) >= 11 is 5.58. The number of carbonyl (C=O) groups is 1. The van der Waals surface area contributed by atoms with Crippen LogP contribution in [0, 0.1) is 5.21 Å². The fourth-order valence-corrected chi connectivity index (χ4v) is 1.24. The molecular weight excluding hydrogens is 236 g/mol.